The molecule has 1 saturated heterocycles. The Labute approximate surface area is 172 Å². The number of amides is 2. The summed E-state index contributed by atoms with van der Waals surface area (Å²) in [6, 6.07) is 7.68. The van der Waals surface area contributed by atoms with Crippen LogP contribution in [0, 0.1) is 6.92 Å². The molecule has 0 atom stereocenters. The zero-order valence-electron chi connectivity index (χ0n) is 15.9. The molecule has 1 aliphatic heterocycles. The SMILES string of the molecule is CNC(=O)CSc1nnc(N2CCN(C(=O)COc3cccc(C)c3)CC2)s1. The van der Waals surface area contributed by atoms with Gasteiger partial charge in [0.1, 0.15) is 5.75 Å². The van der Waals surface area contributed by atoms with Crippen LogP contribution in [0.3, 0.4) is 0 Å². The Balaban J connectivity index is 1.44. The van der Waals surface area contributed by atoms with Crippen molar-refractivity contribution in [3.05, 3.63) is 29.8 Å². The lowest BCUT2D eigenvalue weighted by atomic mass is 10.2. The van der Waals surface area contributed by atoms with Crippen molar-refractivity contribution < 1.29 is 14.3 Å². The van der Waals surface area contributed by atoms with Crippen molar-refractivity contribution in [1.82, 2.24) is 20.4 Å². The average molecular weight is 422 g/mol. The van der Waals surface area contributed by atoms with E-state index in [-0.39, 0.29) is 18.4 Å². The van der Waals surface area contributed by atoms with Gasteiger partial charge in [0.05, 0.1) is 5.75 Å². The molecule has 0 radical (unpaired) electrons. The largest absolute Gasteiger partial charge is 0.484 e. The Morgan fingerprint density at radius 2 is 2.04 bits per heavy atom. The van der Waals surface area contributed by atoms with Gasteiger partial charge in [-0.15, -0.1) is 10.2 Å². The van der Waals surface area contributed by atoms with Crippen LogP contribution in [0.4, 0.5) is 5.13 Å². The quantitative estimate of drug-likeness (QED) is 0.677. The van der Waals surface area contributed by atoms with Crippen LogP contribution in [-0.4, -0.2) is 72.5 Å². The summed E-state index contributed by atoms with van der Waals surface area (Å²) in [7, 11) is 1.61. The minimum atomic E-state index is -0.0400. The van der Waals surface area contributed by atoms with Crippen LogP contribution in [0.25, 0.3) is 0 Å². The lowest BCUT2D eigenvalue weighted by molar-refractivity contribution is -0.133. The smallest absolute Gasteiger partial charge is 0.260 e. The van der Waals surface area contributed by atoms with Gasteiger partial charge in [-0.05, 0) is 24.6 Å². The second kappa shape index (κ2) is 9.74. The predicted molar refractivity (Wildman–Crippen MR) is 110 cm³/mol. The summed E-state index contributed by atoms with van der Waals surface area (Å²) < 4.78 is 6.38. The molecule has 150 valence electrons. The van der Waals surface area contributed by atoms with E-state index in [0.717, 1.165) is 15.0 Å². The molecular formula is C18H23N5O3S2. The minimum absolute atomic E-state index is 0.0137. The average Bonchev–Trinajstić information content (AvgIpc) is 3.19. The third-order valence-electron chi connectivity index (χ3n) is 4.26. The van der Waals surface area contributed by atoms with Crippen LogP contribution < -0.4 is 15.0 Å². The molecule has 2 amide bonds. The maximum Gasteiger partial charge on any atom is 0.260 e. The molecule has 1 aromatic carbocycles. The van der Waals surface area contributed by atoms with Crippen molar-refractivity contribution in [1.29, 1.82) is 0 Å². The zero-order chi connectivity index (χ0) is 19.9. The van der Waals surface area contributed by atoms with Gasteiger partial charge in [-0.25, -0.2) is 0 Å². The van der Waals surface area contributed by atoms with E-state index in [1.165, 1.54) is 23.1 Å². The van der Waals surface area contributed by atoms with Crippen LogP contribution >= 0.6 is 23.1 Å². The number of anilines is 1. The molecule has 10 heteroatoms. The monoisotopic (exact) mass is 421 g/mol. The number of aryl methyl sites for hydroxylation is 1. The van der Waals surface area contributed by atoms with E-state index in [1.54, 1.807) is 7.05 Å². The molecule has 1 N–H and O–H groups in total. The molecule has 0 bridgehead atoms. The Bertz CT molecular complexity index is 821. The lowest BCUT2D eigenvalue weighted by Gasteiger charge is -2.34. The first-order valence-electron chi connectivity index (χ1n) is 8.94. The van der Waals surface area contributed by atoms with E-state index < -0.39 is 0 Å². The van der Waals surface area contributed by atoms with E-state index in [9.17, 15) is 9.59 Å². The fourth-order valence-electron chi connectivity index (χ4n) is 2.68. The van der Waals surface area contributed by atoms with Gasteiger partial charge in [0.25, 0.3) is 5.91 Å². The highest BCUT2D eigenvalue weighted by Crippen LogP contribution is 2.28. The summed E-state index contributed by atoms with van der Waals surface area (Å²) in [6.45, 7) is 4.68. The van der Waals surface area contributed by atoms with Gasteiger partial charge in [0.15, 0.2) is 10.9 Å². The molecule has 1 fully saturated rings. The second-order valence-corrected chi connectivity index (χ2v) is 8.46. The number of hydrogen-bond donors (Lipinski definition) is 1. The molecule has 1 aliphatic rings. The molecule has 2 heterocycles. The number of ether oxygens (including phenoxy) is 1. The Hall–Kier alpha value is -2.33. The van der Waals surface area contributed by atoms with Gasteiger partial charge in [0, 0.05) is 33.2 Å². The topological polar surface area (TPSA) is 87.7 Å². The number of aromatic nitrogens is 2. The fraction of sp³-hybridized carbons (Fsp3) is 0.444. The van der Waals surface area contributed by atoms with E-state index in [0.29, 0.717) is 37.7 Å². The van der Waals surface area contributed by atoms with Gasteiger partial charge in [-0.3, -0.25) is 9.59 Å². The van der Waals surface area contributed by atoms with E-state index in [2.05, 4.69) is 20.4 Å². The number of benzene rings is 1. The third kappa shape index (κ3) is 5.59. The van der Waals surface area contributed by atoms with Crippen LogP contribution in [0.15, 0.2) is 28.6 Å². The predicted octanol–water partition coefficient (Wildman–Crippen LogP) is 1.41. The normalized spacial score (nSPS) is 14.1. The lowest BCUT2D eigenvalue weighted by Crippen LogP contribution is -2.50. The van der Waals surface area contributed by atoms with Gasteiger partial charge < -0.3 is 19.9 Å². The third-order valence-corrected chi connectivity index (χ3v) is 6.37. The number of carbonyl (C=O) groups excluding carboxylic acids is 2. The maximum absolute atomic E-state index is 12.4. The molecule has 0 unspecified atom stereocenters. The first-order valence-corrected chi connectivity index (χ1v) is 10.7. The first-order chi connectivity index (χ1) is 13.5. The van der Waals surface area contributed by atoms with Crippen molar-refractivity contribution in [2.45, 2.75) is 11.3 Å². The summed E-state index contributed by atoms with van der Waals surface area (Å²) in [5.41, 5.74) is 1.10. The van der Waals surface area contributed by atoms with Gasteiger partial charge in [0.2, 0.25) is 11.0 Å². The highest BCUT2D eigenvalue weighted by Gasteiger charge is 2.23. The molecular weight excluding hydrogens is 398 g/mol. The summed E-state index contributed by atoms with van der Waals surface area (Å²) in [4.78, 5) is 27.6. The molecule has 1 aromatic heterocycles. The maximum atomic E-state index is 12.4. The number of hydrogen-bond acceptors (Lipinski definition) is 8. The van der Waals surface area contributed by atoms with Crippen LogP contribution in [0.2, 0.25) is 0 Å². The van der Waals surface area contributed by atoms with E-state index >= 15 is 0 Å². The van der Waals surface area contributed by atoms with Crippen molar-refractivity contribution >= 4 is 40.0 Å². The summed E-state index contributed by atoms with van der Waals surface area (Å²) in [5.74, 6) is 0.985. The molecule has 0 spiro atoms. The summed E-state index contributed by atoms with van der Waals surface area (Å²) >= 11 is 2.84. The molecule has 0 aliphatic carbocycles. The standard InChI is InChI=1S/C18H23N5O3S2/c1-13-4-3-5-14(10-13)26-11-16(25)22-6-8-23(9-7-22)17-20-21-18(28-17)27-12-15(24)19-2/h3-5,10H,6-9,11-12H2,1-2H3,(H,19,24). The molecule has 0 saturated carbocycles. The van der Waals surface area contributed by atoms with Crippen molar-refractivity contribution in [3.8, 4) is 5.75 Å². The Morgan fingerprint density at radius 3 is 2.75 bits per heavy atom. The van der Waals surface area contributed by atoms with Crippen molar-refractivity contribution in [2.75, 3.05) is 50.5 Å². The molecule has 3 rings (SSSR count). The van der Waals surface area contributed by atoms with Crippen LogP contribution in [0.5, 0.6) is 5.75 Å². The van der Waals surface area contributed by atoms with Crippen LogP contribution in [-0.2, 0) is 9.59 Å². The Morgan fingerprint density at radius 1 is 1.25 bits per heavy atom. The van der Waals surface area contributed by atoms with Crippen molar-refractivity contribution in [2.24, 2.45) is 0 Å². The summed E-state index contributed by atoms with van der Waals surface area (Å²) in [5, 5.41) is 11.7. The second-order valence-electron chi connectivity index (χ2n) is 6.29. The van der Waals surface area contributed by atoms with Gasteiger partial charge in [-0.2, -0.15) is 0 Å². The number of carbonyl (C=O) groups is 2. The number of thioether (sulfide) groups is 1. The summed E-state index contributed by atoms with van der Waals surface area (Å²) in [6.07, 6.45) is 0. The fourth-order valence-corrected chi connectivity index (χ4v) is 4.44. The van der Waals surface area contributed by atoms with E-state index in [4.69, 9.17) is 4.74 Å². The highest BCUT2D eigenvalue weighted by atomic mass is 32.2. The minimum Gasteiger partial charge on any atom is -0.484 e. The van der Waals surface area contributed by atoms with Gasteiger partial charge in [-0.1, -0.05) is 35.2 Å². The highest BCUT2D eigenvalue weighted by molar-refractivity contribution is 8.01. The van der Waals surface area contributed by atoms with Gasteiger partial charge >= 0.3 is 0 Å². The van der Waals surface area contributed by atoms with Crippen LogP contribution in [0.1, 0.15) is 5.56 Å². The number of nitrogens with one attached hydrogen (secondary N) is 1. The number of rotatable bonds is 7. The molecule has 2 aromatic rings. The number of piperazine rings is 1. The zero-order valence-corrected chi connectivity index (χ0v) is 17.5. The molecule has 8 nitrogen and oxygen atoms in total. The van der Waals surface area contributed by atoms with Crippen molar-refractivity contribution in [3.63, 3.8) is 0 Å². The molecule has 28 heavy (non-hydrogen) atoms. The number of nitrogens with zero attached hydrogens (tertiary/aromatic N) is 4. The first kappa shape index (κ1) is 20.4. The Kier molecular flexibility index (Phi) is 7.10. The van der Waals surface area contributed by atoms with E-state index in [1.807, 2.05) is 36.1 Å².